The van der Waals surface area contributed by atoms with Gasteiger partial charge >= 0.3 is 0 Å². The van der Waals surface area contributed by atoms with Crippen LogP contribution in [0.5, 0.6) is 23.0 Å². The second-order valence-corrected chi connectivity index (χ2v) is 5.46. The second-order valence-electron chi connectivity index (χ2n) is 5.46. The van der Waals surface area contributed by atoms with E-state index in [0.717, 1.165) is 22.4 Å². The van der Waals surface area contributed by atoms with Crippen LogP contribution in [0.15, 0.2) is 36.4 Å². The molecule has 0 bridgehead atoms. The summed E-state index contributed by atoms with van der Waals surface area (Å²) in [5.41, 5.74) is 2.48. The first-order chi connectivity index (χ1) is 12.0. The monoisotopic (exact) mass is 344 g/mol. The Hall–Kier alpha value is -2.66. The molecule has 2 aromatic carbocycles. The molecular formula is C20H24O5. The lowest BCUT2D eigenvalue weighted by Crippen LogP contribution is -2.05. The van der Waals surface area contributed by atoms with Crippen molar-refractivity contribution in [2.24, 2.45) is 0 Å². The standard InChI is InChI=1S/C20H24O5/c1-13(21)17(10-14-6-8-16(22-2)9-7-14)15-11-18(23-3)20(25-5)19(12-15)24-4/h6-13,21H,1-5H3/b17-10+. The molecule has 1 unspecified atom stereocenters. The lowest BCUT2D eigenvalue weighted by atomic mass is 9.97. The Kier molecular flexibility index (Phi) is 6.31. The molecule has 0 saturated carbocycles. The van der Waals surface area contributed by atoms with Crippen LogP contribution >= 0.6 is 0 Å². The van der Waals surface area contributed by atoms with E-state index in [-0.39, 0.29) is 0 Å². The molecule has 0 radical (unpaired) electrons. The molecule has 0 spiro atoms. The third kappa shape index (κ3) is 4.25. The highest BCUT2D eigenvalue weighted by Crippen LogP contribution is 2.40. The zero-order valence-electron chi connectivity index (χ0n) is 15.2. The van der Waals surface area contributed by atoms with E-state index in [4.69, 9.17) is 18.9 Å². The average molecular weight is 344 g/mol. The Morgan fingerprint density at radius 2 is 1.44 bits per heavy atom. The van der Waals surface area contributed by atoms with Crippen LogP contribution in [-0.2, 0) is 0 Å². The summed E-state index contributed by atoms with van der Waals surface area (Å²) in [4.78, 5) is 0. The third-order valence-electron chi connectivity index (χ3n) is 3.89. The summed E-state index contributed by atoms with van der Waals surface area (Å²) in [6.07, 6.45) is 1.25. The molecule has 2 aromatic rings. The van der Waals surface area contributed by atoms with Crippen molar-refractivity contribution in [1.29, 1.82) is 0 Å². The number of methoxy groups -OCH3 is 4. The van der Waals surface area contributed by atoms with Gasteiger partial charge in [-0.3, -0.25) is 0 Å². The smallest absolute Gasteiger partial charge is 0.203 e. The molecule has 0 aromatic heterocycles. The molecule has 0 saturated heterocycles. The number of benzene rings is 2. The zero-order valence-corrected chi connectivity index (χ0v) is 15.2. The Bertz CT molecular complexity index is 707. The Morgan fingerprint density at radius 1 is 0.880 bits per heavy atom. The van der Waals surface area contributed by atoms with Crippen molar-refractivity contribution in [2.75, 3.05) is 28.4 Å². The molecule has 0 fully saturated rings. The first kappa shape index (κ1) is 18.7. The summed E-state index contributed by atoms with van der Waals surface area (Å²) in [5, 5.41) is 10.3. The highest BCUT2D eigenvalue weighted by molar-refractivity contribution is 5.85. The van der Waals surface area contributed by atoms with E-state index in [1.165, 1.54) is 0 Å². The minimum atomic E-state index is -0.676. The largest absolute Gasteiger partial charge is 0.497 e. The maximum atomic E-state index is 10.3. The van der Waals surface area contributed by atoms with Crippen molar-refractivity contribution < 1.29 is 24.1 Å². The summed E-state index contributed by atoms with van der Waals surface area (Å²) < 4.78 is 21.3. The maximum absolute atomic E-state index is 10.3. The van der Waals surface area contributed by atoms with Crippen molar-refractivity contribution in [3.8, 4) is 23.0 Å². The molecule has 134 valence electrons. The average Bonchev–Trinajstić information content (AvgIpc) is 2.64. The minimum Gasteiger partial charge on any atom is -0.497 e. The maximum Gasteiger partial charge on any atom is 0.203 e. The van der Waals surface area contributed by atoms with Gasteiger partial charge in [0.1, 0.15) is 5.75 Å². The van der Waals surface area contributed by atoms with Crippen molar-refractivity contribution in [1.82, 2.24) is 0 Å². The third-order valence-corrected chi connectivity index (χ3v) is 3.89. The predicted molar refractivity (Wildman–Crippen MR) is 98.6 cm³/mol. The van der Waals surface area contributed by atoms with Crippen LogP contribution in [0.3, 0.4) is 0 Å². The van der Waals surface area contributed by atoms with Gasteiger partial charge in [0.05, 0.1) is 34.5 Å². The molecule has 2 rings (SSSR count). The van der Waals surface area contributed by atoms with Gasteiger partial charge in [-0.2, -0.15) is 0 Å². The van der Waals surface area contributed by atoms with Gasteiger partial charge in [-0.25, -0.2) is 0 Å². The van der Waals surface area contributed by atoms with Gasteiger partial charge < -0.3 is 24.1 Å². The van der Waals surface area contributed by atoms with Gasteiger partial charge in [-0.15, -0.1) is 0 Å². The molecular weight excluding hydrogens is 320 g/mol. The SMILES string of the molecule is COc1ccc(/C=C(/c2cc(OC)c(OC)c(OC)c2)C(C)O)cc1. The van der Waals surface area contributed by atoms with Gasteiger partial charge in [-0.1, -0.05) is 12.1 Å². The Labute approximate surface area is 148 Å². The molecule has 5 nitrogen and oxygen atoms in total. The molecule has 0 aliphatic carbocycles. The van der Waals surface area contributed by atoms with E-state index in [2.05, 4.69) is 0 Å². The lowest BCUT2D eigenvalue weighted by molar-refractivity contribution is 0.254. The summed E-state index contributed by atoms with van der Waals surface area (Å²) >= 11 is 0. The van der Waals surface area contributed by atoms with Crippen LogP contribution in [0, 0.1) is 0 Å². The fourth-order valence-electron chi connectivity index (χ4n) is 2.57. The molecule has 5 heteroatoms. The summed E-state index contributed by atoms with van der Waals surface area (Å²) in [7, 11) is 6.32. The van der Waals surface area contributed by atoms with Gasteiger partial charge in [0, 0.05) is 0 Å². The van der Waals surface area contributed by atoms with E-state index >= 15 is 0 Å². The number of ether oxygens (including phenoxy) is 4. The van der Waals surface area contributed by atoms with Crippen LogP contribution in [0.2, 0.25) is 0 Å². The fraction of sp³-hybridized carbons (Fsp3) is 0.300. The quantitative estimate of drug-likeness (QED) is 0.777. The van der Waals surface area contributed by atoms with Gasteiger partial charge in [0.15, 0.2) is 11.5 Å². The Morgan fingerprint density at radius 3 is 1.84 bits per heavy atom. The molecule has 0 heterocycles. The van der Waals surface area contributed by atoms with Crippen LogP contribution in [0.25, 0.3) is 11.6 Å². The van der Waals surface area contributed by atoms with Crippen LogP contribution in [0.4, 0.5) is 0 Å². The van der Waals surface area contributed by atoms with Crippen LogP contribution < -0.4 is 18.9 Å². The summed E-state index contributed by atoms with van der Waals surface area (Å²) in [6, 6.07) is 11.3. The number of aliphatic hydroxyl groups is 1. The van der Waals surface area contributed by atoms with E-state index in [1.54, 1.807) is 35.4 Å². The minimum absolute atomic E-state index is 0.517. The van der Waals surface area contributed by atoms with Crippen LogP contribution in [0.1, 0.15) is 18.1 Å². The predicted octanol–water partition coefficient (Wildman–Crippen LogP) is 3.64. The molecule has 1 atom stereocenters. The zero-order chi connectivity index (χ0) is 18.4. The van der Waals surface area contributed by atoms with E-state index in [1.807, 2.05) is 42.5 Å². The summed E-state index contributed by atoms with van der Waals surface area (Å²) in [6.45, 7) is 1.72. The first-order valence-electron chi connectivity index (χ1n) is 7.88. The van der Waals surface area contributed by atoms with Crippen molar-refractivity contribution in [3.05, 3.63) is 47.5 Å². The van der Waals surface area contributed by atoms with Crippen molar-refractivity contribution >= 4 is 11.6 Å². The lowest BCUT2D eigenvalue weighted by Gasteiger charge is -2.17. The first-order valence-corrected chi connectivity index (χ1v) is 7.88. The van der Waals surface area contributed by atoms with Crippen molar-refractivity contribution in [2.45, 2.75) is 13.0 Å². The fourth-order valence-corrected chi connectivity index (χ4v) is 2.57. The highest BCUT2D eigenvalue weighted by Gasteiger charge is 2.17. The van der Waals surface area contributed by atoms with E-state index in [9.17, 15) is 5.11 Å². The van der Waals surface area contributed by atoms with Gasteiger partial charge in [0.25, 0.3) is 0 Å². The molecule has 0 aliphatic rings. The summed E-state index contributed by atoms with van der Waals surface area (Å²) in [5.74, 6) is 2.38. The Balaban J connectivity index is 2.54. The number of hydrogen-bond acceptors (Lipinski definition) is 5. The van der Waals surface area contributed by atoms with Gasteiger partial charge in [-0.05, 0) is 54.0 Å². The molecule has 0 aliphatic heterocycles. The van der Waals surface area contributed by atoms with Crippen molar-refractivity contribution in [3.63, 3.8) is 0 Å². The second kappa shape index (κ2) is 8.44. The highest BCUT2D eigenvalue weighted by atomic mass is 16.5. The number of rotatable bonds is 7. The normalized spacial score (nSPS) is 12.5. The molecule has 25 heavy (non-hydrogen) atoms. The molecule has 0 amide bonds. The number of hydrogen-bond donors (Lipinski definition) is 1. The van der Waals surface area contributed by atoms with Gasteiger partial charge in [0.2, 0.25) is 5.75 Å². The molecule has 1 N–H and O–H groups in total. The topological polar surface area (TPSA) is 57.2 Å². The van der Waals surface area contributed by atoms with E-state index in [0.29, 0.717) is 17.2 Å². The van der Waals surface area contributed by atoms with E-state index < -0.39 is 6.10 Å². The number of aliphatic hydroxyl groups excluding tert-OH is 1. The van der Waals surface area contributed by atoms with Crippen LogP contribution in [-0.4, -0.2) is 39.6 Å².